The van der Waals surface area contributed by atoms with Crippen LogP contribution in [0.15, 0.2) is 58.8 Å². The van der Waals surface area contributed by atoms with Gasteiger partial charge in [-0.05, 0) is 30.3 Å². The lowest BCUT2D eigenvalue weighted by Crippen LogP contribution is -2.40. The Morgan fingerprint density at radius 1 is 1.17 bits per heavy atom. The zero-order valence-electron chi connectivity index (χ0n) is 16.6. The van der Waals surface area contributed by atoms with Gasteiger partial charge in [0.25, 0.3) is 0 Å². The van der Waals surface area contributed by atoms with E-state index in [1.54, 1.807) is 36.6 Å². The summed E-state index contributed by atoms with van der Waals surface area (Å²) in [5.74, 6) is 0.792. The van der Waals surface area contributed by atoms with Crippen LogP contribution in [0.3, 0.4) is 0 Å². The summed E-state index contributed by atoms with van der Waals surface area (Å²) in [6, 6.07) is 14.7. The number of nitrogens with one attached hydrogen (secondary N) is 1. The van der Waals surface area contributed by atoms with E-state index >= 15 is 0 Å². The molecule has 1 aliphatic rings. The monoisotopic (exact) mass is 445 g/mol. The van der Waals surface area contributed by atoms with Gasteiger partial charge in [0.1, 0.15) is 10.8 Å². The Morgan fingerprint density at radius 2 is 1.97 bits per heavy atom. The minimum Gasteiger partial charge on any atom is -0.497 e. The van der Waals surface area contributed by atoms with Crippen molar-refractivity contribution in [2.24, 2.45) is 0 Å². The highest BCUT2D eigenvalue weighted by Crippen LogP contribution is 2.27. The first kappa shape index (κ1) is 20.8. The van der Waals surface area contributed by atoms with Crippen molar-refractivity contribution in [3.8, 4) is 16.3 Å². The van der Waals surface area contributed by atoms with Crippen molar-refractivity contribution in [1.82, 2.24) is 9.29 Å². The van der Waals surface area contributed by atoms with E-state index in [0.717, 1.165) is 27.7 Å². The number of benzene rings is 2. The molecule has 0 bridgehead atoms. The van der Waals surface area contributed by atoms with Crippen LogP contribution in [0.1, 0.15) is 5.69 Å². The third-order valence-electron chi connectivity index (χ3n) is 4.78. The van der Waals surface area contributed by atoms with Crippen molar-refractivity contribution in [2.75, 3.05) is 38.7 Å². The first-order chi connectivity index (χ1) is 14.6. The SMILES string of the molecule is COc1cccc(-c2nc(CNc3cccc(S(=O)(=O)N4CCOCC4)c3)cs2)c1. The van der Waals surface area contributed by atoms with E-state index in [2.05, 4.69) is 10.3 Å². The van der Waals surface area contributed by atoms with Gasteiger partial charge in [-0.15, -0.1) is 11.3 Å². The van der Waals surface area contributed by atoms with Crippen molar-refractivity contribution < 1.29 is 17.9 Å². The van der Waals surface area contributed by atoms with E-state index in [0.29, 0.717) is 32.8 Å². The minimum atomic E-state index is -3.52. The number of ether oxygens (including phenoxy) is 2. The van der Waals surface area contributed by atoms with E-state index in [1.165, 1.54) is 4.31 Å². The molecule has 0 aliphatic carbocycles. The normalized spacial score (nSPS) is 15.1. The number of aromatic nitrogens is 1. The maximum Gasteiger partial charge on any atom is 0.243 e. The van der Waals surface area contributed by atoms with Crippen LogP contribution in [0.4, 0.5) is 5.69 Å². The fourth-order valence-corrected chi connectivity index (χ4v) is 5.44. The molecule has 2 heterocycles. The van der Waals surface area contributed by atoms with E-state index in [9.17, 15) is 8.42 Å². The molecule has 1 fully saturated rings. The van der Waals surface area contributed by atoms with Crippen LogP contribution in [0.5, 0.6) is 5.75 Å². The third-order valence-corrected chi connectivity index (χ3v) is 7.62. The number of anilines is 1. The van der Waals surface area contributed by atoms with E-state index < -0.39 is 10.0 Å². The Morgan fingerprint density at radius 3 is 2.77 bits per heavy atom. The summed E-state index contributed by atoms with van der Waals surface area (Å²) in [7, 11) is -1.88. The van der Waals surface area contributed by atoms with Crippen molar-refractivity contribution >= 4 is 27.0 Å². The Kier molecular flexibility index (Phi) is 6.33. The van der Waals surface area contributed by atoms with Crippen LogP contribution >= 0.6 is 11.3 Å². The number of rotatable bonds is 7. The van der Waals surface area contributed by atoms with Gasteiger partial charge in [-0.1, -0.05) is 18.2 Å². The third kappa shape index (κ3) is 4.65. The van der Waals surface area contributed by atoms with Crippen molar-refractivity contribution in [1.29, 1.82) is 0 Å². The maximum atomic E-state index is 12.8. The molecule has 1 N–H and O–H groups in total. The van der Waals surface area contributed by atoms with Gasteiger partial charge in [0.15, 0.2) is 0 Å². The second kappa shape index (κ2) is 9.13. The lowest BCUT2D eigenvalue weighted by Gasteiger charge is -2.26. The first-order valence-corrected chi connectivity index (χ1v) is 11.9. The molecule has 7 nitrogen and oxygen atoms in total. The summed E-state index contributed by atoms with van der Waals surface area (Å²) in [5.41, 5.74) is 2.63. The number of hydrogen-bond acceptors (Lipinski definition) is 7. The molecule has 30 heavy (non-hydrogen) atoms. The van der Waals surface area contributed by atoms with Crippen LogP contribution in [0.25, 0.3) is 10.6 Å². The van der Waals surface area contributed by atoms with Gasteiger partial charge in [0, 0.05) is 29.7 Å². The molecule has 9 heteroatoms. The Hall–Kier alpha value is -2.46. The zero-order chi connectivity index (χ0) is 21.0. The molecule has 2 aromatic carbocycles. The summed E-state index contributed by atoms with van der Waals surface area (Å²) in [4.78, 5) is 4.96. The Balaban J connectivity index is 1.44. The van der Waals surface area contributed by atoms with Crippen LogP contribution in [0, 0.1) is 0 Å². The molecule has 0 saturated carbocycles. The molecule has 3 aromatic rings. The fraction of sp³-hybridized carbons (Fsp3) is 0.286. The van der Waals surface area contributed by atoms with Gasteiger partial charge in [-0.25, -0.2) is 13.4 Å². The van der Waals surface area contributed by atoms with Gasteiger partial charge in [-0.3, -0.25) is 0 Å². The van der Waals surface area contributed by atoms with Gasteiger partial charge < -0.3 is 14.8 Å². The Labute approximate surface area is 180 Å². The van der Waals surface area contributed by atoms with Crippen LogP contribution in [0.2, 0.25) is 0 Å². The van der Waals surface area contributed by atoms with Gasteiger partial charge in [0.05, 0.1) is 37.5 Å². The molecule has 0 unspecified atom stereocenters. The number of thiazole rings is 1. The fourth-order valence-electron chi connectivity index (χ4n) is 3.17. The number of sulfonamides is 1. The molecular formula is C21H23N3O4S2. The van der Waals surface area contributed by atoms with Crippen molar-refractivity contribution in [2.45, 2.75) is 11.4 Å². The van der Waals surface area contributed by atoms with Crippen molar-refractivity contribution in [3.63, 3.8) is 0 Å². The first-order valence-electron chi connectivity index (χ1n) is 9.57. The predicted molar refractivity (Wildman–Crippen MR) is 117 cm³/mol. The van der Waals surface area contributed by atoms with Gasteiger partial charge >= 0.3 is 0 Å². The summed E-state index contributed by atoms with van der Waals surface area (Å²) < 4.78 is 37.7. The molecule has 1 aliphatic heterocycles. The predicted octanol–water partition coefficient (Wildman–Crippen LogP) is 3.45. The van der Waals surface area contributed by atoms with Crippen LogP contribution in [-0.4, -0.2) is 51.1 Å². The molecule has 4 rings (SSSR count). The molecule has 0 amide bonds. The second-order valence-corrected chi connectivity index (χ2v) is 9.57. The lowest BCUT2D eigenvalue weighted by atomic mass is 10.2. The molecule has 1 saturated heterocycles. The molecule has 0 atom stereocenters. The van der Waals surface area contributed by atoms with Crippen molar-refractivity contribution in [3.05, 3.63) is 59.6 Å². The zero-order valence-corrected chi connectivity index (χ0v) is 18.2. The highest BCUT2D eigenvalue weighted by Gasteiger charge is 2.26. The van der Waals surface area contributed by atoms with Gasteiger partial charge in [0.2, 0.25) is 10.0 Å². The summed E-state index contributed by atoms with van der Waals surface area (Å²) >= 11 is 1.56. The summed E-state index contributed by atoms with van der Waals surface area (Å²) in [6.45, 7) is 2.12. The van der Waals surface area contributed by atoms with E-state index in [4.69, 9.17) is 9.47 Å². The number of hydrogen-bond donors (Lipinski definition) is 1. The molecular weight excluding hydrogens is 422 g/mol. The lowest BCUT2D eigenvalue weighted by molar-refractivity contribution is 0.0730. The maximum absolute atomic E-state index is 12.8. The highest BCUT2D eigenvalue weighted by molar-refractivity contribution is 7.89. The van der Waals surface area contributed by atoms with E-state index in [-0.39, 0.29) is 4.90 Å². The van der Waals surface area contributed by atoms with Crippen LogP contribution < -0.4 is 10.1 Å². The number of methoxy groups -OCH3 is 1. The number of morpholine rings is 1. The Bertz CT molecular complexity index is 1110. The second-order valence-electron chi connectivity index (χ2n) is 6.77. The summed E-state index contributed by atoms with van der Waals surface area (Å²) in [6.07, 6.45) is 0. The quantitative estimate of drug-likeness (QED) is 0.600. The molecule has 1 aromatic heterocycles. The smallest absolute Gasteiger partial charge is 0.243 e. The average molecular weight is 446 g/mol. The molecule has 0 radical (unpaired) electrons. The average Bonchev–Trinajstić information content (AvgIpc) is 3.28. The minimum absolute atomic E-state index is 0.282. The highest BCUT2D eigenvalue weighted by atomic mass is 32.2. The molecule has 158 valence electrons. The van der Waals surface area contributed by atoms with Crippen LogP contribution in [-0.2, 0) is 21.3 Å². The molecule has 0 spiro atoms. The topological polar surface area (TPSA) is 80.8 Å². The van der Waals surface area contributed by atoms with E-state index in [1.807, 2.05) is 35.7 Å². The number of nitrogens with zero attached hydrogens (tertiary/aromatic N) is 2. The van der Waals surface area contributed by atoms with Gasteiger partial charge in [-0.2, -0.15) is 4.31 Å². The summed E-state index contributed by atoms with van der Waals surface area (Å²) in [5, 5.41) is 6.18. The standard InChI is InChI=1S/C21H23N3O4S2/c1-27-19-6-2-4-16(12-19)21-23-18(15-29-21)14-22-17-5-3-7-20(13-17)30(25,26)24-8-10-28-11-9-24/h2-7,12-13,15,22H,8-11,14H2,1H3. The largest absolute Gasteiger partial charge is 0.497 e.